The van der Waals surface area contributed by atoms with E-state index in [1.165, 1.54) is 10.6 Å². The Kier molecular flexibility index (Phi) is 4.98. The van der Waals surface area contributed by atoms with Crippen molar-refractivity contribution in [3.05, 3.63) is 30.1 Å². The van der Waals surface area contributed by atoms with Crippen molar-refractivity contribution in [3.63, 3.8) is 0 Å². The molecule has 5 nitrogen and oxygen atoms in total. The molecule has 17 heavy (non-hydrogen) atoms. The van der Waals surface area contributed by atoms with E-state index in [-0.39, 0.29) is 6.54 Å². The summed E-state index contributed by atoms with van der Waals surface area (Å²) in [5.41, 5.74) is 6.21. The van der Waals surface area contributed by atoms with Crippen LogP contribution in [0.3, 0.4) is 0 Å². The second-order valence-electron chi connectivity index (χ2n) is 3.67. The highest BCUT2D eigenvalue weighted by atomic mass is 32.2. The average Bonchev–Trinajstić information content (AvgIpc) is 2.23. The van der Waals surface area contributed by atoms with E-state index < -0.39 is 10.0 Å². The van der Waals surface area contributed by atoms with Gasteiger partial charge in [-0.15, -0.1) is 0 Å². The SMILES string of the molecule is CS(=O)(=O)N(CCC(N)=S)Cc1cccnc1. The van der Waals surface area contributed by atoms with E-state index in [0.29, 0.717) is 18.0 Å². The number of thiocarbonyl (C=S) groups is 1. The van der Waals surface area contributed by atoms with Crippen LogP contribution in [0.1, 0.15) is 12.0 Å². The van der Waals surface area contributed by atoms with Gasteiger partial charge in [0.1, 0.15) is 0 Å². The summed E-state index contributed by atoms with van der Waals surface area (Å²) in [6, 6.07) is 3.59. The van der Waals surface area contributed by atoms with Crippen LogP contribution in [-0.4, -0.2) is 35.5 Å². The Hall–Kier alpha value is -1.05. The van der Waals surface area contributed by atoms with E-state index in [2.05, 4.69) is 4.98 Å². The molecule has 1 aromatic heterocycles. The van der Waals surface area contributed by atoms with Gasteiger partial charge >= 0.3 is 0 Å². The van der Waals surface area contributed by atoms with Crippen LogP contribution in [0, 0.1) is 0 Å². The summed E-state index contributed by atoms with van der Waals surface area (Å²) in [4.78, 5) is 4.25. The van der Waals surface area contributed by atoms with Crippen molar-refractivity contribution < 1.29 is 8.42 Å². The molecule has 0 saturated carbocycles. The lowest BCUT2D eigenvalue weighted by Crippen LogP contribution is -2.32. The van der Waals surface area contributed by atoms with Gasteiger partial charge in [-0.05, 0) is 11.6 Å². The second-order valence-corrected chi connectivity index (χ2v) is 6.18. The van der Waals surface area contributed by atoms with E-state index >= 15 is 0 Å². The van der Waals surface area contributed by atoms with Crippen LogP contribution in [0.4, 0.5) is 0 Å². The predicted octanol–water partition coefficient (Wildman–Crippen LogP) is 0.519. The zero-order valence-corrected chi connectivity index (χ0v) is 11.2. The summed E-state index contributed by atoms with van der Waals surface area (Å²) in [6.07, 6.45) is 4.83. The van der Waals surface area contributed by atoms with Crippen LogP contribution in [-0.2, 0) is 16.6 Å². The van der Waals surface area contributed by atoms with Crippen LogP contribution in [0.15, 0.2) is 24.5 Å². The first-order valence-electron chi connectivity index (χ1n) is 5.02. The van der Waals surface area contributed by atoms with Crippen LogP contribution < -0.4 is 5.73 Å². The Morgan fingerprint density at radius 3 is 2.76 bits per heavy atom. The average molecular weight is 273 g/mol. The predicted molar refractivity (Wildman–Crippen MR) is 70.9 cm³/mol. The number of sulfonamides is 1. The molecule has 0 amide bonds. The van der Waals surface area contributed by atoms with Gasteiger partial charge in [-0.25, -0.2) is 8.42 Å². The summed E-state index contributed by atoms with van der Waals surface area (Å²) in [5, 5.41) is 0. The van der Waals surface area contributed by atoms with Crippen LogP contribution in [0.25, 0.3) is 0 Å². The molecule has 1 aromatic rings. The molecular weight excluding hydrogens is 258 g/mol. The standard InChI is InChI=1S/C10H15N3O2S2/c1-17(14,15)13(6-4-10(11)16)8-9-3-2-5-12-7-9/h2-3,5,7H,4,6,8H2,1H3,(H2,11,16). The van der Waals surface area contributed by atoms with Gasteiger partial charge in [-0.3, -0.25) is 4.98 Å². The number of nitrogens with zero attached hydrogens (tertiary/aromatic N) is 2. The molecule has 0 bridgehead atoms. The number of aromatic nitrogens is 1. The minimum atomic E-state index is -3.27. The van der Waals surface area contributed by atoms with E-state index in [0.717, 1.165) is 5.56 Å². The lowest BCUT2D eigenvalue weighted by molar-refractivity contribution is 0.419. The van der Waals surface area contributed by atoms with Crippen molar-refractivity contribution >= 4 is 27.2 Å². The van der Waals surface area contributed by atoms with Crippen molar-refractivity contribution in [3.8, 4) is 0 Å². The summed E-state index contributed by atoms with van der Waals surface area (Å²) >= 11 is 4.75. The molecule has 7 heteroatoms. The molecule has 0 fully saturated rings. The maximum atomic E-state index is 11.6. The summed E-state index contributed by atoms with van der Waals surface area (Å²) in [6.45, 7) is 0.582. The highest BCUT2D eigenvalue weighted by Gasteiger charge is 2.16. The number of pyridine rings is 1. The molecule has 0 aliphatic rings. The van der Waals surface area contributed by atoms with Gasteiger partial charge in [0.15, 0.2) is 0 Å². The lowest BCUT2D eigenvalue weighted by Gasteiger charge is -2.19. The van der Waals surface area contributed by atoms with Crippen molar-refractivity contribution in [2.75, 3.05) is 12.8 Å². The van der Waals surface area contributed by atoms with E-state index in [9.17, 15) is 8.42 Å². The third kappa shape index (κ3) is 5.20. The maximum Gasteiger partial charge on any atom is 0.211 e. The normalized spacial score (nSPS) is 11.6. The third-order valence-corrected chi connectivity index (χ3v) is 3.61. The smallest absolute Gasteiger partial charge is 0.211 e. The van der Waals surface area contributed by atoms with Crippen LogP contribution in [0.2, 0.25) is 0 Å². The van der Waals surface area contributed by atoms with Crippen molar-refractivity contribution in [1.82, 2.24) is 9.29 Å². The molecule has 0 aliphatic carbocycles. The van der Waals surface area contributed by atoms with Crippen LogP contribution in [0.5, 0.6) is 0 Å². The van der Waals surface area contributed by atoms with Crippen molar-refractivity contribution in [2.45, 2.75) is 13.0 Å². The first-order chi connectivity index (χ1) is 7.89. The quantitative estimate of drug-likeness (QED) is 0.765. The lowest BCUT2D eigenvalue weighted by atomic mass is 10.3. The van der Waals surface area contributed by atoms with Gasteiger partial charge in [0, 0.05) is 31.9 Å². The first kappa shape index (κ1) is 14.0. The molecule has 2 N–H and O–H groups in total. The number of hydrogen-bond acceptors (Lipinski definition) is 4. The Labute approximate surface area is 107 Å². The van der Waals surface area contributed by atoms with Gasteiger partial charge in [0.05, 0.1) is 11.2 Å². The first-order valence-corrected chi connectivity index (χ1v) is 7.27. The summed E-state index contributed by atoms with van der Waals surface area (Å²) < 4.78 is 24.5. The van der Waals surface area contributed by atoms with Gasteiger partial charge in [-0.1, -0.05) is 18.3 Å². The van der Waals surface area contributed by atoms with Crippen molar-refractivity contribution in [1.29, 1.82) is 0 Å². The molecule has 0 aliphatic heterocycles. The highest BCUT2D eigenvalue weighted by Crippen LogP contribution is 2.07. The van der Waals surface area contributed by atoms with Gasteiger partial charge in [-0.2, -0.15) is 4.31 Å². The van der Waals surface area contributed by atoms with Crippen LogP contribution >= 0.6 is 12.2 Å². The van der Waals surface area contributed by atoms with E-state index in [1.807, 2.05) is 6.07 Å². The highest BCUT2D eigenvalue weighted by molar-refractivity contribution is 7.88. The summed E-state index contributed by atoms with van der Waals surface area (Å²) in [5.74, 6) is 0. The Morgan fingerprint density at radius 2 is 2.29 bits per heavy atom. The maximum absolute atomic E-state index is 11.6. The fourth-order valence-corrected chi connectivity index (χ4v) is 2.19. The fourth-order valence-electron chi connectivity index (χ4n) is 1.29. The van der Waals surface area contributed by atoms with Crippen molar-refractivity contribution in [2.24, 2.45) is 5.73 Å². The zero-order valence-electron chi connectivity index (χ0n) is 9.54. The van der Waals surface area contributed by atoms with Gasteiger partial charge in [0.25, 0.3) is 0 Å². The molecule has 0 unspecified atom stereocenters. The Morgan fingerprint density at radius 1 is 1.59 bits per heavy atom. The minimum absolute atomic E-state index is 0.287. The fraction of sp³-hybridized carbons (Fsp3) is 0.400. The molecular formula is C10H15N3O2S2. The Balaban J connectivity index is 2.75. The third-order valence-electron chi connectivity index (χ3n) is 2.16. The molecule has 0 spiro atoms. The largest absolute Gasteiger partial charge is 0.393 e. The van der Waals surface area contributed by atoms with E-state index in [4.69, 9.17) is 18.0 Å². The molecule has 0 atom stereocenters. The number of rotatable bonds is 6. The van der Waals surface area contributed by atoms with Gasteiger partial charge in [0.2, 0.25) is 10.0 Å². The topological polar surface area (TPSA) is 76.3 Å². The number of nitrogens with two attached hydrogens (primary N) is 1. The molecule has 0 aromatic carbocycles. The van der Waals surface area contributed by atoms with Gasteiger partial charge < -0.3 is 5.73 Å². The molecule has 0 radical (unpaired) electrons. The van der Waals surface area contributed by atoms with E-state index in [1.54, 1.807) is 18.5 Å². The summed E-state index contributed by atoms with van der Waals surface area (Å²) in [7, 11) is -3.27. The second kappa shape index (κ2) is 6.04. The zero-order chi connectivity index (χ0) is 12.9. The molecule has 1 heterocycles. The molecule has 1 rings (SSSR count). The number of hydrogen-bond donors (Lipinski definition) is 1. The Bertz CT molecular complexity index is 474. The molecule has 94 valence electrons. The monoisotopic (exact) mass is 273 g/mol. The molecule has 0 saturated heterocycles. The minimum Gasteiger partial charge on any atom is -0.393 e.